The normalized spacial score (nSPS) is 24.6. The lowest BCUT2D eigenvalue weighted by Gasteiger charge is -2.25. The zero-order valence-electron chi connectivity index (χ0n) is 9.88. The Kier molecular flexibility index (Phi) is 4.26. The van der Waals surface area contributed by atoms with Crippen LogP contribution in [0.3, 0.4) is 0 Å². The van der Waals surface area contributed by atoms with Gasteiger partial charge in [0.25, 0.3) is 0 Å². The molecule has 2 unspecified atom stereocenters. The van der Waals surface area contributed by atoms with E-state index >= 15 is 0 Å². The van der Waals surface area contributed by atoms with Crippen LogP contribution in [0.2, 0.25) is 5.02 Å². The number of Topliss-reactive ketones (excluding diaryl/α,β-unsaturated/α-hetero) is 1. The van der Waals surface area contributed by atoms with Gasteiger partial charge in [0, 0.05) is 16.0 Å². The van der Waals surface area contributed by atoms with Crippen molar-refractivity contribution in [3.05, 3.63) is 33.3 Å². The monoisotopic (exact) mass is 314 g/mol. The highest BCUT2D eigenvalue weighted by atomic mass is 79.9. The van der Waals surface area contributed by atoms with E-state index < -0.39 is 0 Å². The lowest BCUT2D eigenvalue weighted by atomic mass is 9.79. The van der Waals surface area contributed by atoms with E-state index in [1.807, 2.05) is 12.1 Å². The third-order valence-corrected chi connectivity index (χ3v) is 4.73. The lowest BCUT2D eigenvalue weighted by Crippen LogP contribution is -2.21. The number of benzene rings is 1. The summed E-state index contributed by atoms with van der Waals surface area (Å²) in [5.74, 6) is 1.15. The second-order valence-corrected chi connectivity index (χ2v) is 6.22. The van der Waals surface area contributed by atoms with Gasteiger partial charge in [-0.2, -0.15) is 0 Å². The van der Waals surface area contributed by atoms with Gasteiger partial charge >= 0.3 is 0 Å². The van der Waals surface area contributed by atoms with Crippen LogP contribution in [0.25, 0.3) is 0 Å². The lowest BCUT2D eigenvalue weighted by molar-refractivity contribution is 0.0868. The fourth-order valence-electron chi connectivity index (χ4n) is 2.56. The van der Waals surface area contributed by atoms with Crippen LogP contribution in [-0.2, 0) is 0 Å². The van der Waals surface area contributed by atoms with Crippen LogP contribution in [0.4, 0.5) is 0 Å². The molecule has 0 aromatic heterocycles. The van der Waals surface area contributed by atoms with E-state index in [4.69, 9.17) is 11.6 Å². The third-order valence-electron chi connectivity index (χ3n) is 3.51. The van der Waals surface area contributed by atoms with E-state index in [2.05, 4.69) is 22.9 Å². The molecule has 0 amide bonds. The summed E-state index contributed by atoms with van der Waals surface area (Å²) in [5.41, 5.74) is 0.778. The topological polar surface area (TPSA) is 17.1 Å². The molecule has 1 aromatic rings. The molecule has 2 rings (SSSR count). The molecular formula is C14H16BrClO. The summed E-state index contributed by atoms with van der Waals surface area (Å²) < 4.78 is 0.800. The summed E-state index contributed by atoms with van der Waals surface area (Å²) in [5, 5.41) is 0.651. The highest BCUT2D eigenvalue weighted by Gasteiger charge is 2.25. The van der Waals surface area contributed by atoms with Gasteiger partial charge in [-0.3, -0.25) is 4.79 Å². The summed E-state index contributed by atoms with van der Waals surface area (Å²) in [6, 6.07) is 5.45. The molecule has 0 radical (unpaired) electrons. The average molecular weight is 316 g/mol. The highest BCUT2D eigenvalue weighted by Crippen LogP contribution is 2.32. The first kappa shape index (κ1) is 13.1. The van der Waals surface area contributed by atoms with E-state index in [1.54, 1.807) is 6.07 Å². The van der Waals surface area contributed by atoms with Crippen LogP contribution in [-0.4, -0.2) is 5.78 Å². The Labute approximate surface area is 116 Å². The van der Waals surface area contributed by atoms with Crippen molar-refractivity contribution in [2.45, 2.75) is 32.6 Å². The fourth-order valence-corrected chi connectivity index (χ4v) is 3.05. The van der Waals surface area contributed by atoms with Gasteiger partial charge in [-0.05, 0) is 52.9 Å². The Morgan fingerprint density at radius 3 is 2.82 bits per heavy atom. The molecule has 17 heavy (non-hydrogen) atoms. The van der Waals surface area contributed by atoms with Crippen molar-refractivity contribution in [2.24, 2.45) is 11.8 Å². The van der Waals surface area contributed by atoms with Gasteiger partial charge < -0.3 is 0 Å². The quantitative estimate of drug-likeness (QED) is 0.693. The smallest absolute Gasteiger partial charge is 0.165 e. The minimum atomic E-state index is 0.201. The summed E-state index contributed by atoms with van der Waals surface area (Å²) in [7, 11) is 0. The molecule has 1 nitrogen and oxygen atoms in total. The minimum absolute atomic E-state index is 0.201. The molecule has 2 atom stereocenters. The molecule has 1 fully saturated rings. The molecule has 0 spiro atoms. The van der Waals surface area contributed by atoms with Crippen molar-refractivity contribution in [1.29, 1.82) is 0 Å². The molecule has 0 heterocycles. The standard InChI is InChI=1S/C14H16BrClO/c1-9-3-2-4-10(7-9)14(17)11-5-6-13(16)12(15)8-11/h5-6,8-10H,2-4,7H2,1H3. The first-order valence-corrected chi connectivity index (χ1v) is 7.24. The van der Waals surface area contributed by atoms with Crippen molar-refractivity contribution >= 4 is 33.3 Å². The van der Waals surface area contributed by atoms with Crippen molar-refractivity contribution in [1.82, 2.24) is 0 Å². The Balaban J connectivity index is 2.15. The van der Waals surface area contributed by atoms with Gasteiger partial charge in [0.15, 0.2) is 5.78 Å². The Morgan fingerprint density at radius 2 is 2.18 bits per heavy atom. The van der Waals surface area contributed by atoms with E-state index in [0.29, 0.717) is 10.9 Å². The summed E-state index contributed by atoms with van der Waals surface area (Å²) in [4.78, 5) is 12.3. The first-order chi connectivity index (χ1) is 8.08. The maximum absolute atomic E-state index is 12.3. The zero-order chi connectivity index (χ0) is 12.4. The van der Waals surface area contributed by atoms with Crippen molar-refractivity contribution < 1.29 is 4.79 Å². The SMILES string of the molecule is CC1CCCC(C(=O)c2ccc(Cl)c(Br)c2)C1. The molecule has 1 aliphatic carbocycles. The molecule has 92 valence electrons. The van der Waals surface area contributed by atoms with Gasteiger partial charge in [0.2, 0.25) is 0 Å². The van der Waals surface area contributed by atoms with Gasteiger partial charge in [-0.25, -0.2) is 0 Å². The molecule has 0 saturated heterocycles. The molecule has 0 N–H and O–H groups in total. The van der Waals surface area contributed by atoms with Crippen LogP contribution in [0, 0.1) is 11.8 Å². The Hall–Kier alpha value is -0.340. The fraction of sp³-hybridized carbons (Fsp3) is 0.500. The number of carbonyl (C=O) groups is 1. The molecular weight excluding hydrogens is 300 g/mol. The average Bonchev–Trinajstić information content (AvgIpc) is 2.32. The maximum atomic E-state index is 12.3. The van der Waals surface area contributed by atoms with Gasteiger partial charge in [-0.1, -0.05) is 31.4 Å². The van der Waals surface area contributed by atoms with Crippen LogP contribution in [0.1, 0.15) is 43.0 Å². The van der Waals surface area contributed by atoms with Crippen molar-refractivity contribution in [3.8, 4) is 0 Å². The van der Waals surface area contributed by atoms with E-state index in [9.17, 15) is 4.79 Å². The zero-order valence-corrected chi connectivity index (χ0v) is 12.2. The molecule has 1 aromatic carbocycles. The van der Waals surface area contributed by atoms with Crippen LogP contribution in [0.5, 0.6) is 0 Å². The van der Waals surface area contributed by atoms with Crippen LogP contribution >= 0.6 is 27.5 Å². The minimum Gasteiger partial charge on any atom is -0.294 e. The second kappa shape index (κ2) is 5.53. The second-order valence-electron chi connectivity index (χ2n) is 4.96. The molecule has 1 aliphatic rings. The number of ketones is 1. The van der Waals surface area contributed by atoms with E-state index in [1.165, 1.54) is 12.8 Å². The van der Waals surface area contributed by atoms with Gasteiger partial charge in [0.1, 0.15) is 0 Å². The largest absolute Gasteiger partial charge is 0.294 e. The van der Waals surface area contributed by atoms with Crippen LogP contribution < -0.4 is 0 Å². The predicted octanol–water partition coefficient (Wildman–Crippen LogP) is 5.11. The maximum Gasteiger partial charge on any atom is 0.165 e. The van der Waals surface area contributed by atoms with E-state index in [0.717, 1.165) is 22.9 Å². The summed E-state index contributed by atoms with van der Waals surface area (Å²) >= 11 is 9.30. The van der Waals surface area contributed by atoms with Gasteiger partial charge in [-0.15, -0.1) is 0 Å². The summed E-state index contributed by atoms with van der Waals surface area (Å²) in [6.07, 6.45) is 4.49. The molecule has 1 saturated carbocycles. The number of carbonyl (C=O) groups excluding carboxylic acids is 1. The molecule has 0 bridgehead atoms. The Morgan fingerprint density at radius 1 is 1.41 bits per heavy atom. The first-order valence-electron chi connectivity index (χ1n) is 6.07. The number of halogens is 2. The highest BCUT2D eigenvalue weighted by molar-refractivity contribution is 9.10. The Bertz CT molecular complexity index is 430. The van der Waals surface area contributed by atoms with Crippen molar-refractivity contribution in [3.63, 3.8) is 0 Å². The number of rotatable bonds is 2. The van der Waals surface area contributed by atoms with Crippen LogP contribution in [0.15, 0.2) is 22.7 Å². The van der Waals surface area contributed by atoms with Crippen molar-refractivity contribution in [2.75, 3.05) is 0 Å². The van der Waals surface area contributed by atoms with E-state index in [-0.39, 0.29) is 11.7 Å². The number of hydrogen-bond acceptors (Lipinski definition) is 1. The summed E-state index contributed by atoms with van der Waals surface area (Å²) in [6.45, 7) is 2.23. The van der Waals surface area contributed by atoms with Gasteiger partial charge in [0.05, 0.1) is 5.02 Å². The predicted molar refractivity (Wildman–Crippen MR) is 74.6 cm³/mol. The molecule has 0 aliphatic heterocycles. The molecule has 3 heteroatoms. The third kappa shape index (κ3) is 3.11. The number of hydrogen-bond donors (Lipinski definition) is 0.